The standard InChI is InChI=1S/C19H24ClN3O3/c20-15-8-21-17(22-9-15)12-1-2-23(10-12)18(24)26-16-13-3-11-4-14(16)7-19(25,5-11)6-13/h8-9,11-14,16,25H,1-7,10H2/t11?,12?,13-,14?,16?,19-/m0/s1. The Bertz CT molecular complexity index is 696. The van der Waals surface area contributed by atoms with E-state index in [1.165, 1.54) is 0 Å². The third-order valence-corrected chi connectivity index (χ3v) is 7.04. The van der Waals surface area contributed by atoms with Crippen LogP contribution in [0.4, 0.5) is 4.79 Å². The van der Waals surface area contributed by atoms with Gasteiger partial charge in [0.1, 0.15) is 11.9 Å². The van der Waals surface area contributed by atoms with Gasteiger partial charge in [-0.3, -0.25) is 0 Å². The van der Waals surface area contributed by atoms with Gasteiger partial charge in [0.2, 0.25) is 0 Å². The van der Waals surface area contributed by atoms with Crippen molar-refractivity contribution < 1.29 is 14.6 Å². The summed E-state index contributed by atoms with van der Waals surface area (Å²) >= 11 is 5.85. The van der Waals surface area contributed by atoms with Crippen molar-refractivity contribution in [1.29, 1.82) is 0 Å². The quantitative estimate of drug-likeness (QED) is 0.857. The number of hydrogen-bond acceptors (Lipinski definition) is 5. The topological polar surface area (TPSA) is 75.6 Å². The van der Waals surface area contributed by atoms with Crippen LogP contribution in [0.1, 0.15) is 50.3 Å². The number of amides is 1. The second-order valence-corrected chi connectivity index (χ2v) is 9.17. The van der Waals surface area contributed by atoms with Crippen LogP contribution >= 0.6 is 11.6 Å². The molecule has 140 valence electrons. The molecule has 1 aliphatic heterocycles. The summed E-state index contributed by atoms with van der Waals surface area (Å²) in [6.07, 6.45) is 8.52. The average Bonchev–Trinajstić information content (AvgIpc) is 3.07. The summed E-state index contributed by atoms with van der Waals surface area (Å²) in [5, 5.41) is 11.2. The molecule has 0 aromatic carbocycles. The molecule has 4 aliphatic carbocycles. The fourth-order valence-electron chi connectivity index (χ4n) is 5.99. The monoisotopic (exact) mass is 377 g/mol. The summed E-state index contributed by atoms with van der Waals surface area (Å²) in [5.41, 5.74) is -0.496. The Morgan fingerprint density at radius 3 is 2.58 bits per heavy atom. The van der Waals surface area contributed by atoms with Crippen LogP contribution in [0, 0.1) is 17.8 Å². The third-order valence-electron chi connectivity index (χ3n) is 6.84. The van der Waals surface area contributed by atoms with E-state index in [9.17, 15) is 9.90 Å². The first-order valence-electron chi connectivity index (χ1n) is 9.64. The van der Waals surface area contributed by atoms with E-state index >= 15 is 0 Å². The Kier molecular flexibility index (Phi) is 3.90. The molecule has 6 atom stereocenters. The Morgan fingerprint density at radius 1 is 1.23 bits per heavy atom. The van der Waals surface area contributed by atoms with Crippen molar-refractivity contribution in [2.45, 2.75) is 56.1 Å². The Balaban J connectivity index is 1.22. The molecule has 1 N–H and O–H groups in total. The summed E-state index contributed by atoms with van der Waals surface area (Å²) < 4.78 is 5.97. The van der Waals surface area contributed by atoms with Gasteiger partial charge < -0.3 is 14.7 Å². The number of ether oxygens (including phenoxy) is 1. The molecular formula is C19H24ClN3O3. The SMILES string of the molecule is O=C(OC1C2CC3C[C@H]1C[C@@](O)(C3)C2)N1CCC(c2ncc(Cl)cn2)C1. The molecular weight excluding hydrogens is 354 g/mol. The van der Waals surface area contributed by atoms with Crippen LogP contribution in [0.15, 0.2) is 12.4 Å². The van der Waals surface area contributed by atoms with Gasteiger partial charge in [-0.2, -0.15) is 0 Å². The minimum absolute atomic E-state index is 0.0230. The Hall–Kier alpha value is -1.40. The van der Waals surface area contributed by atoms with Gasteiger partial charge in [0, 0.05) is 31.4 Å². The highest BCUT2D eigenvalue weighted by atomic mass is 35.5. The highest BCUT2D eigenvalue weighted by molar-refractivity contribution is 6.30. The predicted octanol–water partition coefficient (Wildman–Crippen LogP) is 3.00. The number of rotatable bonds is 2. The molecule has 5 fully saturated rings. The number of carbonyl (C=O) groups is 1. The van der Waals surface area contributed by atoms with Crippen molar-refractivity contribution in [3.05, 3.63) is 23.2 Å². The number of aliphatic hydroxyl groups is 1. The lowest BCUT2D eigenvalue weighted by Gasteiger charge is -2.57. The first-order valence-corrected chi connectivity index (χ1v) is 10.0. The largest absolute Gasteiger partial charge is 0.446 e. The smallest absolute Gasteiger partial charge is 0.410 e. The molecule has 6 rings (SSSR count). The molecule has 5 aliphatic rings. The highest BCUT2D eigenvalue weighted by Crippen LogP contribution is 2.56. The maximum atomic E-state index is 12.7. The van der Waals surface area contributed by atoms with Crippen molar-refractivity contribution in [3.8, 4) is 0 Å². The molecule has 1 aromatic rings. The molecule has 6 nitrogen and oxygen atoms in total. The number of aromatic nitrogens is 2. The first kappa shape index (κ1) is 16.8. The zero-order chi connectivity index (χ0) is 17.9. The normalized spacial score (nSPS) is 40.8. The third kappa shape index (κ3) is 2.87. The Morgan fingerprint density at radius 2 is 1.92 bits per heavy atom. The van der Waals surface area contributed by atoms with Crippen LogP contribution in [0.5, 0.6) is 0 Å². The van der Waals surface area contributed by atoms with Crippen molar-refractivity contribution in [3.63, 3.8) is 0 Å². The first-order chi connectivity index (χ1) is 12.5. The molecule has 0 spiro atoms. The van der Waals surface area contributed by atoms with Gasteiger partial charge in [-0.1, -0.05) is 11.6 Å². The van der Waals surface area contributed by atoms with Gasteiger partial charge in [0.25, 0.3) is 0 Å². The molecule has 1 amide bonds. The maximum absolute atomic E-state index is 12.7. The molecule has 2 heterocycles. The van der Waals surface area contributed by atoms with E-state index < -0.39 is 5.60 Å². The molecule has 1 saturated heterocycles. The van der Waals surface area contributed by atoms with Crippen molar-refractivity contribution in [2.75, 3.05) is 13.1 Å². The number of halogens is 1. The fourth-order valence-corrected chi connectivity index (χ4v) is 6.09. The van der Waals surface area contributed by atoms with Gasteiger partial charge in [0.05, 0.1) is 10.6 Å². The molecule has 0 radical (unpaired) electrons. The van der Waals surface area contributed by atoms with Crippen molar-refractivity contribution >= 4 is 17.7 Å². The van der Waals surface area contributed by atoms with E-state index in [0.29, 0.717) is 35.9 Å². The predicted molar refractivity (Wildman–Crippen MR) is 94.7 cm³/mol. The molecule has 26 heavy (non-hydrogen) atoms. The minimum atomic E-state index is -0.496. The zero-order valence-corrected chi connectivity index (χ0v) is 15.4. The average molecular weight is 378 g/mol. The van der Waals surface area contributed by atoms with Crippen LogP contribution in [-0.4, -0.2) is 50.9 Å². The van der Waals surface area contributed by atoms with E-state index in [4.69, 9.17) is 16.3 Å². The summed E-state index contributed by atoms with van der Waals surface area (Å²) in [7, 11) is 0. The van der Waals surface area contributed by atoms with Crippen molar-refractivity contribution in [2.24, 2.45) is 17.8 Å². The van der Waals surface area contributed by atoms with E-state index in [-0.39, 0.29) is 18.1 Å². The van der Waals surface area contributed by atoms with E-state index in [1.807, 2.05) is 0 Å². The van der Waals surface area contributed by atoms with Gasteiger partial charge in [-0.05, 0) is 56.3 Å². The number of nitrogens with zero attached hydrogens (tertiary/aromatic N) is 3. The van der Waals surface area contributed by atoms with E-state index in [0.717, 1.165) is 44.3 Å². The highest BCUT2D eigenvalue weighted by Gasteiger charge is 2.56. The number of carbonyl (C=O) groups excluding carboxylic acids is 1. The van der Waals surface area contributed by atoms with Gasteiger partial charge in [-0.15, -0.1) is 0 Å². The summed E-state index contributed by atoms with van der Waals surface area (Å²) in [5.74, 6) is 2.15. The van der Waals surface area contributed by atoms with Crippen LogP contribution in [0.3, 0.4) is 0 Å². The maximum Gasteiger partial charge on any atom is 0.410 e. The molecule has 7 heteroatoms. The number of likely N-dealkylation sites (tertiary alicyclic amines) is 1. The van der Waals surface area contributed by atoms with Crippen LogP contribution < -0.4 is 0 Å². The van der Waals surface area contributed by atoms with Gasteiger partial charge in [-0.25, -0.2) is 14.8 Å². The lowest BCUT2D eigenvalue weighted by molar-refractivity contribution is -0.177. The molecule has 4 unspecified atom stereocenters. The molecule has 4 saturated carbocycles. The molecule has 4 bridgehead atoms. The van der Waals surface area contributed by atoms with Gasteiger partial charge in [0.15, 0.2) is 0 Å². The second-order valence-electron chi connectivity index (χ2n) is 8.73. The zero-order valence-electron chi connectivity index (χ0n) is 14.7. The van der Waals surface area contributed by atoms with E-state index in [2.05, 4.69) is 9.97 Å². The van der Waals surface area contributed by atoms with Crippen LogP contribution in [0.25, 0.3) is 0 Å². The lowest BCUT2D eigenvalue weighted by atomic mass is 9.53. The number of hydrogen-bond donors (Lipinski definition) is 1. The van der Waals surface area contributed by atoms with Gasteiger partial charge >= 0.3 is 6.09 Å². The lowest BCUT2D eigenvalue weighted by Crippen LogP contribution is -2.58. The summed E-state index contributed by atoms with van der Waals surface area (Å²) in [6.45, 7) is 1.26. The van der Waals surface area contributed by atoms with Crippen LogP contribution in [-0.2, 0) is 4.74 Å². The summed E-state index contributed by atoms with van der Waals surface area (Å²) in [6, 6.07) is 0. The van der Waals surface area contributed by atoms with E-state index in [1.54, 1.807) is 17.3 Å². The minimum Gasteiger partial charge on any atom is -0.446 e. The molecule has 1 aromatic heterocycles. The van der Waals surface area contributed by atoms with Crippen molar-refractivity contribution in [1.82, 2.24) is 14.9 Å². The van der Waals surface area contributed by atoms with Crippen LogP contribution in [0.2, 0.25) is 5.02 Å². The Labute approximate surface area is 157 Å². The second kappa shape index (κ2) is 6.06. The summed E-state index contributed by atoms with van der Waals surface area (Å²) in [4.78, 5) is 23.1. The fraction of sp³-hybridized carbons (Fsp3) is 0.737.